The van der Waals surface area contributed by atoms with E-state index >= 15 is 0 Å². The van der Waals surface area contributed by atoms with E-state index in [-0.39, 0.29) is 11.8 Å². The predicted octanol–water partition coefficient (Wildman–Crippen LogP) is 4.54. The van der Waals surface area contributed by atoms with Crippen LogP contribution in [-0.4, -0.2) is 24.5 Å². The van der Waals surface area contributed by atoms with E-state index < -0.39 is 12.1 Å². The molecule has 0 saturated carbocycles. The largest absolute Gasteiger partial charge is 0.354 e. The molecule has 0 aliphatic carbocycles. The summed E-state index contributed by atoms with van der Waals surface area (Å²) in [5.74, 6) is -0.0181. The maximum Gasteiger partial charge on any atom is 0.319 e. The third-order valence-electron chi connectivity index (χ3n) is 4.91. The van der Waals surface area contributed by atoms with Gasteiger partial charge in [-0.05, 0) is 36.6 Å². The quantitative estimate of drug-likeness (QED) is 0.519. The van der Waals surface area contributed by atoms with E-state index in [1.54, 1.807) is 19.1 Å². The molecule has 0 aliphatic rings. The van der Waals surface area contributed by atoms with Crippen LogP contribution in [-0.2, 0) is 4.79 Å². The van der Waals surface area contributed by atoms with E-state index in [1.165, 1.54) is 11.1 Å². The van der Waals surface area contributed by atoms with Gasteiger partial charge in [0.25, 0.3) is 0 Å². The Labute approximate surface area is 177 Å². The van der Waals surface area contributed by atoms with E-state index in [0.29, 0.717) is 12.2 Å². The number of hydrogen-bond donors (Lipinski definition) is 3. The predicted molar refractivity (Wildman–Crippen MR) is 120 cm³/mol. The summed E-state index contributed by atoms with van der Waals surface area (Å²) >= 11 is 0. The Hall–Kier alpha value is -3.60. The summed E-state index contributed by atoms with van der Waals surface area (Å²) in [6, 6.07) is 28.6. The van der Waals surface area contributed by atoms with Crippen molar-refractivity contribution in [2.45, 2.75) is 25.3 Å². The van der Waals surface area contributed by atoms with Crippen LogP contribution in [0.2, 0.25) is 0 Å². The van der Waals surface area contributed by atoms with E-state index in [9.17, 15) is 9.59 Å². The Kier molecular flexibility index (Phi) is 7.61. The summed E-state index contributed by atoms with van der Waals surface area (Å²) in [7, 11) is 0. The van der Waals surface area contributed by atoms with Crippen LogP contribution in [0, 0.1) is 0 Å². The zero-order chi connectivity index (χ0) is 21.2. The van der Waals surface area contributed by atoms with Crippen molar-refractivity contribution in [3.63, 3.8) is 0 Å². The van der Waals surface area contributed by atoms with Gasteiger partial charge in [0.15, 0.2) is 0 Å². The van der Waals surface area contributed by atoms with E-state index in [0.717, 1.165) is 6.42 Å². The first kappa shape index (κ1) is 21.1. The lowest BCUT2D eigenvalue weighted by molar-refractivity contribution is -0.122. The standard InChI is InChI=1S/C25H27N3O2/c1-19(27-25(30)28-22-15-9-4-10-16-22)24(29)26-18-17-23(20-11-5-2-6-12-20)21-13-7-3-8-14-21/h2-16,19,23H,17-18H2,1H3,(H,26,29)(H2,27,28,30)/t19-/m0/s1. The van der Waals surface area contributed by atoms with Crippen LogP contribution in [0.4, 0.5) is 10.5 Å². The topological polar surface area (TPSA) is 70.2 Å². The number of carbonyl (C=O) groups is 2. The van der Waals surface area contributed by atoms with Crippen molar-refractivity contribution in [3.05, 3.63) is 102 Å². The molecule has 0 fully saturated rings. The third kappa shape index (κ3) is 6.21. The highest BCUT2D eigenvalue weighted by atomic mass is 16.2. The van der Waals surface area contributed by atoms with Crippen LogP contribution in [0.25, 0.3) is 0 Å². The first-order valence-electron chi connectivity index (χ1n) is 10.1. The molecule has 154 valence electrons. The number of para-hydroxylation sites is 1. The number of amides is 3. The molecule has 5 heteroatoms. The Morgan fingerprint density at radius 3 is 1.80 bits per heavy atom. The van der Waals surface area contributed by atoms with Crippen molar-refractivity contribution in [2.24, 2.45) is 0 Å². The highest BCUT2D eigenvalue weighted by molar-refractivity contribution is 5.93. The second kappa shape index (κ2) is 10.8. The molecule has 1 atom stereocenters. The van der Waals surface area contributed by atoms with Gasteiger partial charge in [-0.1, -0.05) is 78.9 Å². The molecule has 3 N–H and O–H groups in total. The minimum atomic E-state index is -0.638. The fourth-order valence-corrected chi connectivity index (χ4v) is 3.34. The molecule has 0 unspecified atom stereocenters. The zero-order valence-electron chi connectivity index (χ0n) is 17.0. The number of hydrogen-bond acceptors (Lipinski definition) is 2. The van der Waals surface area contributed by atoms with E-state index in [4.69, 9.17) is 0 Å². The summed E-state index contributed by atoms with van der Waals surface area (Å²) in [5, 5.41) is 8.32. The number of benzene rings is 3. The van der Waals surface area contributed by atoms with Crippen molar-refractivity contribution in [2.75, 3.05) is 11.9 Å². The van der Waals surface area contributed by atoms with Crippen molar-refractivity contribution < 1.29 is 9.59 Å². The van der Waals surface area contributed by atoms with Gasteiger partial charge in [-0.25, -0.2) is 4.79 Å². The summed E-state index contributed by atoms with van der Waals surface area (Å²) in [5.41, 5.74) is 3.11. The third-order valence-corrected chi connectivity index (χ3v) is 4.91. The zero-order valence-corrected chi connectivity index (χ0v) is 17.0. The van der Waals surface area contributed by atoms with Gasteiger partial charge in [0.2, 0.25) is 5.91 Å². The van der Waals surface area contributed by atoms with Gasteiger partial charge in [-0.3, -0.25) is 4.79 Å². The lowest BCUT2D eigenvalue weighted by Crippen LogP contribution is -2.46. The molecule has 3 aromatic carbocycles. The van der Waals surface area contributed by atoms with Gasteiger partial charge in [0.1, 0.15) is 6.04 Å². The van der Waals surface area contributed by atoms with Crippen LogP contribution in [0.3, 0.4) is 0 Å². The van der Waals surface area contributed by atoms with Gasteiger partial charge < -0.3 is 16.0 Å². The van der Waals surface area contributed by atoms with Crippen molar-refractivity contribution in [3.8, 4) is 0 Å². The van der Waals surface area contributed by atoms with Gasteiger partial charge in [-0.15, -0.1) is 0 Å². The minimum Gasteiger partial charge on any atom is -0.354 e. The fourth-order valence-electron chi connectivity index (χ4n) is 3.34. The van der Waals surface area contributed by atoms with E-state index in [1.807, 2.05) is 54.6 Å². The summed E-state index contributed by atoms with van der Waals surface area (Å²) in [6.45, 7) is 2.19. The molecule has 3 aromatic rings. The lowest BCUT2D eigenvalue weighted by atomic mass is 9.88. The Morgan fingerprint density at radius 1 is 0.767 bits per heavy atom. The number of rotatable bonds is 8. The molecule has 0 spiro atoms. The monoisotopic (exact) mass is 401 g/mol. The van der Waals surface area contributed by atoms with Gasteiger partial charge in [0, 0.05) is 18.2 Å². The average Bonchev–Trinajstić information content (AvgIpc) is 2.78. The molecule has 30 heavy (non-hydrogen) atoms. The SMILES string of the molecule is C[C@H](NC(=O)Nc1ccccc1)C(=O)NCCC(c1ccccc1)c1ccccc1. The summed E-state index contributed by atoms with van der Waals surface area (Å²) in [6.07, 6.45) is 0.767. The molecule has 3 rings (SSSR count). The molecule has 0 radical (unpaired) electrons. The highest BCUT2D eigenvalue weighted by Gasteiger charge is 2.17. The second-order valence-corrected chi connectivity index (χ2v) is 7.14. The van der Waals surface area contributed by atoms with Crippen LogP contribution in [0.5, 0.6) is 0 Å². The second-order valence-electron chi connectivity index (χ2n) is 7.14. The van der Waals surface area contributed by atoms with Gasteiger partial charge in [-0.2, -0.15) is 0 Å². The van der Waals surface area contributed by atoms with Crippen molar-refractivity contribution >= 4 is 17.6 Å². The van der Waals surface area contributed by atoms with Crippen LogP contribution in [0.15, 0.2) is 91.0 Å². The molecule has 3 amide bonds. The van der Waals surface area contributed by atoms with Gasteiger partial charge >= 0.3 is 6.03 Å². The number of anilines is 1. The molecule has 0 bridgehead atoms. The Morgan fingerprint density at radius 2 is 1.27 bits per heavy atom. The molecular weight excluding hydrogens is 374 g/mol. The molecule has 5 nitrogen and oxygen atoms in total. The average molecular weight is 402 g/mol. The molecule has 0 saturated heterocycles. The first-order chi connectivity index (χ1) is 14.6. The molecule has 0 heterocycles. The molecule has 0 aliphatic heterocycles. The van der Waals surface area contributed by atoms with Crippen LogP contribution >= 0.6 is 0 Å². The summed E-state index contributed by atoms with van der Waals surface area (Å²) in [4.78, 5) is 24.5. The minimum absolute atomic E-state index is 0.192. The maximum absolute atomic E-state index is 12.4. The normalized spacial score (nSPS) is 11.5. The highest BCUT2D eigenvalue weighted by Crippen LogP contribution is 2.27. The summed E-state index contributed by atoms with van der Waals surface area (Å²) < 4.78 is 0. The van der Waals surface area contributed by atoms with Crippen molar-refractivity contribution in [1.82, 2.24) is 10.6 Å². The Balaban J connectivity index is 1.52. The number of nitrogens with one attached hydrogen (secondary N) is 3. The number of urea groups is 1. The van der Waals surface area contributed by atoms with Gasteiger partial charge in [0.05, 0.1) is 0 Å². The lowest BCUT2D eigenvalue weighted by Gasteiger charge is -2.20. The van der Waals surface area contributed by atoms with Crippen LogP contribution in [0.1, 0.15) is 30.4 Å². The van der Waals surface area contributed by atoms with E-state index in [2.05, 4.69) is 40.2 Å². The maximum atomic E-state index is 12.4. The molecule has 0 aromatic heterocycles. The Bertz CT molecular complexity index is 891. The number of carbonyl (C=O) groups excluding carboxylic acids is 2. The van der Waals surface area contributed by atoms with Crippen LogP contribution < -0.4 is 16.0 Å². The van der Waals surface area contributed by atoms with Crippen molar-refractivity contribution in [1.29, 1.82) is 0 Å². The smallest absolute Gasteiger partial charge is 0.319 e. The fraction of sp³-hybridized carbons (Fsp3) is 0.200. The first-order valence-corrected chi connectivity index (χ1v) is 10.1. The molecular formula is C25H27N3O2.